The van der Waals surface area contributed by atoms with Crippen LogP contribution >= 0.6 is 0 Å². The Labute approximate surface area is 76.2 Å². The Morgan fingerprint density at radius 2 is 2.00 bits per heavy atom. The molecule has 1 heteroatoms. The third-order valence-electron chi connectivity index (χ3n) is 3.31. The van der Waals surface area contributed by atoms with Gasteiger partial charge in [0.25, 0.3) is 0 Å². The molecule has 3 atom stereocenters. The van der Waals surface area contributed by atoms with Gasteiger partial charge in [0.1, 0.15) is 0 Å². The van der Waals surface area contributed by atoms with Crippen LogP contribution < -0.4 is 0 Å². The van der Waals surface area contributed by atoms with E-state index in [1.54, 1.807) is 0 Å². The predicted octanol–water partition coefficient (Wildman–Crippen LogP) is 2.97. The molecule has 0 saturated heterocycles. The van der Waals surface area contributed by atoms with Gasteiger partial charge in [-0.2, -0.15) is 0 Å². The van der Waals surface area contributed by atoms with Crippen LogP contribution in [-0.2, 0) is 0 Å². The van der Waals surface area contributed by atoms with Crippen LogP contribution in [0.2, 0.25) is 0 Å². The molecule has 0 radical (unpaired) electrons. The first kappa shape index (κ1) is 10.0. The molecule has 0 heterocycles. The first-order chi connectivity index (χ1) is 5.79. The van der Waals surface area contributed by atoms with Crippen molar-refractivity contribution in [2.24, 2.45) is 11.8 Å². The van der Waals surface area contributed by atoms with Crippen LogP contribution in [0.4, 0.5) is 0 Å². The minimum atomic E-state index is 0.0341. The summed E-state index contributed by atoms with van der Waals surface area (Å²) in [5.74, 6) is 1.47. The Kier molecular flexibility index (Phi) is 4.07. The van der Waals surface area contributed by atoms with E-state index >= 15 is 0 Å². The highest BCUT2D eigenvalue weighted by Crippen LogP contribution is 2.40. The van der Waals surface area contributed by atoms with Crippen LogP contribution in [0.3, 0.4) is 0 Å². The van der Waals surface area contributed by atoms with Gasteiger partial charge in [-0.05, 0) is 24.7 Å². The average Bonchev–Trinajstić information content (AvgIpc) is 2.08. The highest BCUT2D eigenvalue weighted by molar-refractivity contribution is 4.87. The van der Waals surface area contributed by atoms with Gasteiger partial charge in [0.05, 0.1) is 6.10 Å². The Balaban J connectivity index is 2.12. The number of aliphatic hydroxyl groups is 1. The lowest BCUT2D eigenvalue weighted by Gasteiger charge is -2.41. The first-order valence-electron chi connectivity index (χ1n) is 5.47. The highest BCUT2D eigenvalue weighted by atomic mass is 16.3. The SMILES string of the molecule is CCCCCC1C(O)CC1CC. The van der Waals surface area contributed by atoms with Gasteiger partial charge >= 0.3 is 0 Å². The molecule has 0 amide bonds. The Hall–Kier alpha value is -0.0400. The summed E-state index contributed by atoms with van der Waals surface area (Å²) in [7, 11) is 0. The zero-order valence-corrected chi connectivity index (χ0v) is 8.42. The predicted molar refractivity (Wildman–Crippen MR) is 52.0 cm³/mol. The van der Waals surface area contributed by atoms with Crippen molar-refractivity contribution in [3.05, 3.63) is 0 Å². The summed E-state index contributed by atoms with van der Waals surface area (Å²) in [5.41, 5.74) is 0. The smallest absolute Gasteiger partial charge is 0.0573 e. The molecule has 0 aromatic carbocycles. The van der Waals surface area contributed by atoms with E-state index in [1.165, 1.54) is 32.1 Å². The third kappa shape index (κ3) is 2.22. The molecule has 0 aromatic rings. The molecule has 1 fully saturated rings. The standard InChI is InChI=1S/C11H22O/c1-3-5-6-7-10-9(4-2)8-11(10)12/h9-12H,3-8H2,1-2H3. The summed E-state index contributed by atoms with van der Waals surface area (Å²) in [5, 5.41) is 9.51. The molecule has 0 bridgehead atoms. The monoisotopic (exact) mass is 170 g/mol. The van der Waals surface area contributed by atoms with Gasteiger partial charge in [-0.1, -0.05) is 39.5 Å². The van der Waals surface area contributed by atoms with Crippen LogP contribution in [0.25, 0.3) is 0 Å². The molecule has 3 unspecified atom stereocenters. The van der Waals surface area contributed by atoms with E-state index in [-0.39, 0.29) is 6.10 Å². The van der Waals surface area contributed by atoms with Crippen LogP contribution in [0.15, 0.2) is 0 Å². The van der Waals surface area contributed by atoms with Gasteiger partial charge in [-0.15, -0.1) is 0 Å². The quantitative estimate of drug-likeness (QED) is 0.629. The van der Waals surface area contributed by atoms with Crippen molar-refractivity contribution in [2.45, 2.75) is 58.5 Å². The molecule has 0 aliphatic heterocycles. The molecule has 72 valence electrons. The van der Waals surface area contributed by atoms with E-state index in [2.05, 4.69) is 13.8 Å². The summed E-state index contributed by atoms with van der Waals surface area (Å²) in [4.78, 5) is 0. The number of unbranched alkanes of at least 4 members (excludes halogenated alkanes) is 2. The van der Waals surface area contributed by atoms with Crippen molar-refractivity contribution in [2.75, 3.05) is 0 Å². The molecule has 0 aromatic heterocycles. The molecule has 1 saturated carbocycles. The number of aliphatic hydroxyl groups excluding tert-OH is 1. The van der Waals surface area contributed by atoms with E-state index in [0.717, 1.165) is 12.3 Å². The van der Waals surface area contributed by atoms with Gasteiger partial charge in [-0.3, -0.25) is 0 Å². The molecule has 0 spiro atoms. The summed E-state index contributed by atoms with van der Waals surface area (Å²) >= 11 is 0. The van der Waals surface area contributed by atoms with E-state index in [4.69, 9.17) is 0 Å². The van der Waals surface area contributed by atoms with E-state index in [0.29, 0.717) is 5.92 Å². The van der Waals surface area contributed by atoms with E-state index in [1.807, 2.05) is 0 Å². The summed E-state index contributed by atoms with van der Waals surface area (Å²) in [6.45, 7) is 4.47. The molecular formula is C11H22O. The normalized spacial score (nSPS) is 34.8. The Bertz CT molecular complexity index is 122. The molecule has 1 rings (SSSR count). The Morgan fingerprint density at radius 1 is 1.25 bits per heavy atom. The van der Waals surface area contributed by atoms with Gasteiger partial charge in [0.2, 0.25) is 0 Å². The van der Waals surface area contributed by atoms with E-state index in [9.17, 15) is 5.11 Å². The third-order valence-corrected chi connectivity index (χ3v) is 3.31. The Morgan fingerprint density at radius 3 is 2.50 bits per heavy atom. The minimum absolute atomic E-state index is 0.0341. The minimum Gasteiger partial charge on any atom is -0.393 e. The molecule has 1 aliphatic carbocycles. The second kappa shape index (κ2) is 4.86. The van der Waals surface area contributed by atoms with E-state index < -0.39 is 0 Å². The molecule has 1 aliphatic rings. The van der Waals surface area contributed by atoms with Crippen LogP contribution in [-0.4, -0.2) is 11.2 Å². The van der Waals surface area contributed by atoms with Crippen molar-refractivity contribution in [3.63, 3.8) is 0 Å². The van der Waals surface area contributed by atoms with Crippen molar-refractivity contribution in [1.82, 2.24) is 0 Å². The van der Waals surface area contributed by atoms with Crippen molar-refractivity contribution < 1.29 is 5.11 Å². The summed E-state index contributed by atoms with van der Waals surface area (Å²) in [6.07, 6.45) is 7.55. The fourth-order valence-corrected chi connectivity index (χ4v) is 2.31. The topological polar surface area (TPSA) is 20.2 Å². The number of hydrogen-bond acceptors (Lipinski definition) is 1. The molecule has 1 N–H and O–H groups in total. The molecule has 12 heavy (non-hydrogen) atoms. The average molecular weight is 170 g/mol. The number of rotatable bonds is 5. The second-order valence-electron chi connectivity index (χ2n) is 4.13. The molecule has 1 nitrogen and oxygen atoms in total. The van der Waals surface area contributed by atoms with Gasteiger partial charge in [0.15, 0.2) is 0 Å². The van der Waals surface area contributed by atoms with Gasteiger partial charge in [-0.25, -0.2) is 0 Å². The van der Waals surface area contributed by atoms with Crippen molar-refractivity contribution in [1.29, 1.82) is 0 Å². The number of hydrogen-bond donors (Lipinski definition) is 1. The lowest BCUT2D eigenvalue weighted by atomic mass is 9.67. The van der Waals surface area contributed by atoms with Crippen LogP contribution in [0.1, 0.15) is 52.4 Å². The first-order valence-corrected chi connectivity index (χ1v) is 5.47. The van der Waals surface area contributed by atoms with Gasteiger partial charge < -0.3 is 5.11 Å². The summed E-state index contributed by atoms with van der Waals surface area (Å²) in [6, 6.07) is 0. The largest absolute Gasteiger partial charge is 0.393 e. The van der Waals surface area contributed by atoms with Crippen molar-refractivity contribution >= 4 is 0 Å². The van der Waals surface area contributed by atoms with Crippen LogP contribution in [0, 0.1) is 11.8 Å². The fourth-order valence-electron chi connectivity index (χ4n) is 2.31. The maximum Gasteiger partial charge on any atom is 0.0573 e. The van der Waals surface area contributed by atoms with Crippen molar-refractivity contribution in [3.8, 4) is 0 Å². The summed E-state index contributed by atoms with van der Waals surface area (Å²) < 4.78 is 0. The lowest BCUT2D eigenvalue weighted by molar-refractivity contribution is -0.0401. The maximum atomic E-state index is 9.51. The fraction of sp³-hybridized carbons (Fsp3) is 1.00. The van der Waals surface area contributed by atoms with Crippen LogP contribution in [0.5, 0.6) is 0 Å². The maximum absolute atomic E-state index is 9.51. The zero-order valence-electron chi connectivity index (χ0n) is 8.42. The molecular weight excluding hydrogens is 148 g/mol. The lowest BCUT2D eigenvalue weighted by Crippen LogP contribution is -2.40. The zero-order chi connectivity index (χ0) is 8.97. The highest BCUT2D eigenvalue weighted by Gasteiger charge is 2.37. The second-order valence-corrected chi connectivity index (χ2v) is 4.13. The van der Waals surface area contributed by atoms with Gasteiger partial charge in [0, 0.05) is 0 Å².